The Bertz CT molecular complexity index is 1140. The van der Waals surface area contributed by atoms with E-state index in [2.05, 4.69) is 27.8 Å². The maximum atomic E-state index is 6.23. The molecule has 0 N–H and O–H groups in total. The molecule has 0 radical (unpaired) electrons. The summed E-state index contributed by atoms with van der Waals surface area (Å²) in [4.78, 5) is 9.00. The monoisotopic (exact) mass is 387 g/mol. The Balaban J connectivity index is 1.58. The molecule has 1 unspecified atom stereocenters. The van der Waals surface area contributed by atoms with Gasteiger partial charge in [0.05, 0.1) is 17.6 Å². The Morgan fingerprint density at radius 1 is 1.03 bits per heavy atom. The van der Waals surface area contributed by atoms with Crippen LogP contribution in [0.4, 0.5) is 0 Å². The van der Waals surface area contributed by atoms with Crippen LogP contribution in [-0.4, -0.2) is 34.9 Å². The zero-order chi connectivity index (χ0) is 19.6. The molecule has 1 atom stereocenters. The fourth-order valence-corrected chi connectivity index (χ4v) is 3.68. The summed E-state index contributed by atoms with van der Waals surface area (Å²) in [6.45, 7) is 1.69. The number of hydrogen-bond donors (Lipinski definition) is 0. The highest BCUT2D eigenvalue weighted by molar-refractivity contribution is 5.82. The van der Waals surface area contributed by atoms with Crippen molar-refractivity contribution >= 4 is 11.0 Å². The summed E-state index contributed by atoms with van der Waals surface area (Å²) in [6.07, 6.45) is 3.33. The lowest BCUT2D eigenvalue weighted by molar-refractivity contribution is 0.0812. The number of aromatic nitrogens is 3. The third-order valence-corrected chi connectivity index (χ3v) is 5.11. The van der Waals surface area contributed by atoms with Crippen molar-refractivity contribution < 1.29 is 14.2 Å². The molecule has 4 aromatic rings. The SMILES string of the molecule is COCCn1c(C2COc3ccccc3O2)nc2ccc(-c3ccncc3)cc21. The fraction of sp³-hybridized carbons (Fsp3) is 0.217. The zero-order valence-electron chi connectivity index (χ0n) is 16.1. The number of fused-ring (bicyclic) bond motifs is 2. The highest BCUT2D eigenvalue weighted by atomic mass is 16.6. The number of ether oxygens (including phenoxy) is 3. The van der Waals surface area contributed by atoms with Crippen LogP contribution in [0.1, 0.15) is 11.9 Å². The first-order chi connectivity index (χ1) is 14.3. The van der Waals surface area contributed by atoms with Gasteiger partial charge in [0.2, 0.25) is 0 Å². The molecule has 0 fully saturated rings. The Kier molecular flexibility index (Phi) is 4.62. The molecule has 5 rings (SSSR count). The standard InChI is InChI=1S/C23H21N3O3/c1-27-13-12-26-19-14-17(16-8-10-24-11-9-16)6-7-18(19)25-23(26)22-15-28-20-4-2-3-5-21(20)29-22/h2-11,14,22H,12-13,15H2,1H3. The molecule has 0 bridgehead atoms. The smallest absolute Gasteiger partial charge is 0.190 e. The number of nitrogens with zero attached hydrogens (tertiary/aromatic N) is 3. The van der Waals surface area contributed by atoms with Crippen LogP contribution in [0.25, 0.3) is 22.2 Å². The molecule has 0 saturated heterocycles. The first-order valence-electron chi connectivity index (χ1n) is 9.61. The van der Waals surface area contributed by atoms with Crippen molar-refractivity contribution in [2.24, 2.45) is 0 Å². The van der Waals surface area contributed by atoms with Crippen molar-refractivity contribution in [2.45, 2.75) is 12.6 Å². The largest absolute Gasteiger partial charge is 0.485 e. The molecule has 6 heteroatoms. The second kappa shape index (κ2) is 7.56. The van der Waals surface area contributed by atoms with E-state index in [0.29, 0.717) is 19.8 Å². The van der Waals surface area contributed by atoms with Crippen LogP contribution in [0.15, 0.2) is 67.0 Å². The maximum Gasteiger partial charge on any atom is 0.190 e. The topological polar surface area (TPSA) is 58.4 Å². The van der Waals surface area contributed by atoms with Gasteiger partial charge in [-0.3, -0.25) is 4.98 Å². The minimum Gasteiger partial charge on any atom is -0.485 e. The van der Waals surface area contributed by atoms with Crippen LogP contribution >= 0.6 is 0 Å². The Hall–Kier alpha value is -3.38. The number of methoxy groups -OCH3 is 1. The first-order valence-corrected chi connectivity index (χ1v) is 9.61. The van der Waals surface area contributed by atoms with Gasteiger partial charge < -0.3 is 18.8 Å². The van der Waals surface area contributed by atoms with Gasteiger partial charge in [-0.15, -0.1) is 0 Å². The molecule has 6 nitrogen and oxygen atoms in total. The summed E-state index contributed by atoms with van der Waals surface area (Å²) in [7, 11) is 1.71. The van der Waals surface area contributed by atoms with Crippen LogP contribution in [-0.2, 0) is 11.3 Å². The normalized spacial score (nSPS) is 15.6. The fourth-order valence-electron chi connectivity index (χ4n) is 3.68. The zero-order valence-corrected chi connectivity index (χ0v) is 16.1. The lowest BCUT2D eigenvalue weighted by atomic mass is 10.1. The van der Waals surface area contributed by atoms with Gasteiger partial charge in [-0.2, -0.15) is 0 Å². The molecule has 1 aliphatic rings. The van der Waals surface area contributed by atoms with E-state index in [1.807, 2.05) is 36.4 Å². The second-order valence-electron chi connectivity index (χ2n) is 6.92. The third kappa shape index (κ3) is 3.32. The van der Waals surface area contributed by atoms with E-state index in [1.165, 1.54) is 0 Å². The van der Waals surface area contributed by atoms with Gasteiger partial charge in [-0.25, -0.2) is 4.98 Å². The van der Waals surface area contributed by atoms with Gasteiger partial charge >= 0.3 is 0 Å². The van der Waals surface area contributed by atoms with Crippen molar-refractivity contribution in [3.05, 3.63) is 72.8 Å². The van der Waals surface area contributed by atoms with Gasteiger partial charge in [0.15, 0.2) is 23.4 Å². The van der Waals surface area contributed by atoms with Gasteiger partial charge in [0.1, 0.15) is 6.61 Å². The van der Waals surface area contributed by atoms with E-state index in [-0.39, 0.29) is 6.10 Å². The molecule has 2 aromatic carbocycles. The second-order valence-corrected chi connectivity index (χ2v) is 6.92. The molecular formula is C23H21N3O3. The van der Waals surface area contributed by atoms with Crippen molar-refractivity contribution in [3.8, 4) is 22.6 Å². The van der Waals surface area contributed by atoms with Gasteiger partial charge in [0.25, 0.3) is 0 Å². The van der Waals surface area contributed by atoms with Crippen LogP contribution in [0.2, 0.25) is 0 Å². The molecule has 2 aromatic heterocycles. The lowest BCUT2D eigenvalue weighted by Gasteiger charge is -2.26. The van der Waals surface area contributed by atoms with Crippen LogP contribution in [0.3, 0.4) is 0 Å². The first kappa shape index (κ1) is 17.7. The van der Waals surface area contributed by atoms with Crippen LogP contribution < -0.4 is 9.47 Å². The summed E-state index contributed by atoms with van der Waals surface area (Å²) in [5.41, 5.74) is 4.22. The number of pyridine rings is 1. The third-order valence-electron chi connectivity index (χ3n) is 5.11. The Morgan fingerprint density at radius 3 is 2.69 bits per heavy atom. The van der Waals surface area contributed by atoms with Crippen LogP contribution in [0.5, 0.6) is 11.5 Å². The molecule has 29 heavy (non-hydrogen) atoms. The van der Waals surface area contributed by atoms with Gasteiger partial charge in [0, 0.05) is 26.0 Å². The Labute approximate surface area is 168 Å². The number of imidazole rings is 1. The van der Waals surface area contributed by atoms with Crippen molar-refractivity contribution in [1.82, 2.24) is 14.5 Å². The molecule has 0 saturated carbocycles. The lowest BCUT2D eigenvalue weighted by Crippen LogP contribution is -2.25. The molecule has 146 valence electrons. The molecular weight excluding hydrogens is 366 g/mol. The van der Waals surface area contributed by atoms with E-state index in [1.54, 1.807) is 19.5 Å². The van der Waals surface area contributed by atoms with E-state index in [0.717, 1.165) is 39.5 Å². The quantitative estimate of drug-likeness (QED) is 0.512. The van der Waals surface area contributed by atoms with Gasteiger partial charge in [-0.05, 0) is 47.5 Å². The highest BCUT2D eigenvalue weighted by Gasteiger charge is 2.27. The summed E-state index contributed by atoms with van der Waals surface area (Å²) in [6, 6.07) is 18.0. The summed E-state index contributed by atoms with van der Waals surface area (Å²) < 4.78 is 19.7. The van der Waals surface area contributed by atoms with Gasteiger partial charge in [-0.1, -0.05) is 18.2 Å². The predicted octanol–water partition coefficient (Wildman–Crippen LogP) is 4.26. The average Bonchev–Trinajstić information content (AvgIpc) is 3.15. The molecule has 0 spiro atoms. The predicted molar refractivity (Wildman–Crippen MR) is 110 cm³/mol. The van der Waals surface area contributed by atoms with E-state index >= 15 is 0 Å². The number of hydrogen-bond acceptors (Lipinski definition) is 5. The summed E-state index contributed by atoms with van der Waals surface area (Å²) in [5.74, 6) is 2.35. The summed E-state index contributed by atoms with van der Waals surface area (Å²) in [5, 5.41) is 0. The molecule has 3 heterocycles. The minimum atomic E-state index is -0.279. The van der Waals surface area contributed by atoms with E-state index in [9.17, 15) is 0 Å². The van der Waals surface area contributed by atoms with Crippen molar-refractivity contribution in [3.63, 3.8) is 0 Å². The van der Waals surface area contributed by atoms with Crippen LogP contribution in [0, 0.1) is 0 Å². The summed E-state index contributed by atoms with van der Waals surface area (Å²) >= 11 is 0. The average molecular weight is 387 g/mol. The Morgan fingerprint density at radius 2 is 1.86 bits per heavy atom. The van der Waals surface area contributed by atoms with E-state index in [4.69, 9.17) is 19.2 Å². The number of rotatable bonds is 5. The molecule has 0 aliphatic carbocycles. The van der Waals surface area contributed by atoms with E-state index < -0.39 is 0 Å². The number of para-hydroxylation sites is 2. The highest BCUT2D eigenvalue weighted by Crippen LogP contribution is 2.36. The number of benzene rings is 2. The maximum absolute atomic E-state index is 6.23. The van der Waals surface area contributed by atoms with Crippen molar-refractivity contribution in [2.75, 3.05) is 20.3 Å². The molecule has 0 amide bonds. The molecule has 1 aliphatic heterocycles. The minimum absolute atomic E-state index is 0.279. The van der Waals surface area contributed by atoms with Crippen molar-refractivity contribution in [1.29, 1.82) is 0 Å².